The number of hydrogen-bond donors (Lipinski definition) is 2. The van der Waals surface area contributed by atoms with E-state index in [0.29, 0.717) is 6.54 Å². The standard InChI is InChI=1S/C15H14F3N3O.HI/c16-15(17,18)22-13-9-5-4-8-12(13)21-14(19)20-10-11-6-2-1-3-7-11;/h1-9H,10H2,(H3,19,20,21);1H. The molecular weight excluding hydrogens is 422 g/mol. The number of benzene rings is 2. The second-order valence-corrected chi connectivity index (χ2v) is 4.36. The number of nitrogens with two attached hydrogens (primary N) is 1. The molecule has 8 heteroatoms. The maximum Gasteiger partial charge on any atom is 0.573 e. The van der Waals surface area contributed by atoms with Gasteiger partial charge in [0.05, 0.1) is 12.2 Å². The van der Waals surface area contributed by atoms with Gasteiger partial charge >= 0.3 is 6.36 Å². The first kappa shape index (κ1) is 19.1. The Morgan fingerprint density at radius 1 is 1.04 bits per heavy atom. The lowest BCUT2D eigenvalue weighted by molar-refractivity contribution is -0.274. The first-order valence-corrected chi connectivity index (χ1v) is 6.40. The third-order valence-corrected chi connectivity index (χ3v) is 2.65. The molecule has 0 aliphatic carbocycles. The van der Waals surface area contributed by atoms with Gasteiger partial charge in [-0.25, -0.2) is 4.99 Å². The number of hydrogen-bond acceptors (Lipinski definition) is 2. The van der Waals surface area contributed by atoms with Gasteiger partial charge < -0.3 is 15.8 Å². The lowest BCUT2D eigenvalue weighted by Gasteiger charge is -2.14. The van der Waals surface area contributed by atoms with E-state index in [-0.39, 0.29) is 41.4 Å². The molecule has 3 N–H and O–H groups in total. The Labute approximate surface area is 148 Å². The Morgan fingerprint density at radius 3 is 2.30 bits per heavy atom. The van der Waals surface area contributed by atoms with E-state index in [1.807, 2.05) is 30.3 Å². The highest BCUT2D eigenvalue weighted by Gasteiger charge is 2.32. The van der Waals surface area contributed by atoms with Gasteiger partial charge in [-0.1, -0.05) is 42.5 Å². The summed E-state index contributed by atoms with van der Waals surface area (Å²) >= 11 is 0. The van der Waals surface area contributed by atoms with E-state index in [9.17, 15) is 13.2 Å². The quantitative estimate of drug-likeness (QED) is 0.430. The van der Waals surface area contributed by atoms with Crippen molar-refractivity contribution in [2.75, 3.05) is 5.32 Å². The van der Waals surface area contributed by atoms with Gasteiger partial charge in [0.2, 0.25) is 0 Å². The molecule has 2 aromatic carbocycles. The minimum absolute atomic E-state index is 0. The van der Waals surface area contributed by atoms with Gasteiger partial charge in [0.25, 0.3) is 0 Å². The molecule has 23 heavy (non-hydrogen) atoms. The van der Waals surface area contributed by atoms with Crippen molar-refractivity contribution >= 4 is 35.6 Å². The zero-order valence-electron chi connectivity index (χ0n) is 11.9. The number of para-hydroxylation sites is 2. The number of guanidine groups is 1. The molecule has 0 heterocycles. The summed E-state index contributed by atoms with van der Waals surface area (Å²) in [6.45, 7) is 0.321. The zero-order chi connectivity index (χ0) is 16.0. The Morgan fingerprint density at radius 2 is 1.65 bits per heavy atom. The second kappa shape index (κ2) is 8.61. The topological polar surface area (TPSA) is 59.6 Å². The lowest BCUT2D eigenvalue weighted by atomic mass is 10.2. The first-order valence-electron chi connectivity index (χ1n) is 6.40. The van der Waals surface area contributed by atoms with Gasteiger partial charge in [0.1, 0.15) is 0 Å². The number of aliphatic imine (C=N–C) groups is 1. The van der Waals surface area contributed by atoms with Gasteiger partial charge in [-0.15, -0.1) is 37.1 Å². The molecule has 0 amide bonds. The van der Waals surface area contributed by atoms with Gasteiger partial charge in [0, 0.05) is 0 Å². The molecule has 2 rings (SSSR count). The van der Waals surface area contributed by atoms with Crippen LogP contribution >= 0.6 is 24.0 Å². The molecule has 0 spiro atoms. The van der Waals surface area contributed by atoms with Gasteiger partial charge in [0.15, 0.2) is 11.7 Å². The van der Waals surface area contributed by atoms with Crippen molar-refractivity contribution in [2.45, 2.75) is 12.9 Å². The van der Waals surface area contributed by atoms with Crippen LogP contribution in [-0.2, 0) is 6.54 Å². The summed E-state index contributed by atoms with van der Waals surface area (Å²) in [5, 5.41) is 2.61. The summed E-state index contributed by atoms with van der Waals surface area (Å²) in [5.74, 6) is -0.366. The fourth-order valence-electron chi connectivity index (χ4n) is 1.72. The van der Waals surface area contributed by atoms with E-state index in [1.165, 1.54) is 18.2 Å². The van der Waals surface area contributed by atoms with Crippen LogP contribution < -0.4 is 15.8 Å². The molecule has 0 aromatic heterocycles. The number of ether oxygens (including phenoxy) is 1. The van der Waals surface area contributed by atoms with Crippen molar-refractivity contribution < 1.29 is 17.9 Å². The molecule has 0 saturated heterocycles. The van der Waals surface area contributed by atoms with Crippen LogP contribution in [-0.4, -0.2) is 12.3 Å². The lowest BCUT2D eigenvalue weighted by Crippen LogP contribution is -2.24. The monoisotopic (exact) mass is 437 g/mol. The minimum Gasteiger partial charge on any atom is -0.404 e. The average Bonchev–Trinajstić information content (AvgIpc) is 2.47. The van der Waals surface area contributed by atoms with Crippen LogP contribution in [0.25, 0.3) is 0 Å². The van der Waals surface area contributed by atoms with Gasteiger partial charge in [-0.3, -0.25) is 0 Å². The Balaban J connectivity index is 0.00000264. The molecule has 2 aromatic rings. The SMILES string of the molecule is I.NC(=NCc1ccccc1)Nc1ccccc1OC(F)(F)F. The number of halogens is 4. The van der Waals surface area contributed by atoms with Crippen molar-refractivity contribution in [3.63, 3.8) is 0 Å². The fourth-order valence-corrected chi connectivity index (χ4v) is 1.72. The summed E-state index contributed by atoms with van der Waals surface area (Å²) in [4.78, 5) is 4.07. The fraction of sp³-hybridized carbons (Fsp3) is 0.133. The minimum atomic E-state index is -4.77. The Kier molecular flexibility index (Phi) is 7.14. The van der Waals surface area contributed by atoms with Crippen LogP contribution in [0.1, 0.15) is 5.56 Å². The summed E-state index contributed by atoms with van der Waals surface area (Å²) in [6, 6.07) is 15.0. The number of rotatable bonds is 4. The Hall–Kier alpha value is -1.97. The molecule has 0 fully saturated rings. The molecule has 0 aliphatic heterocycles. The van der Waals surface area contributed by atoms with Crippen molar-refractivity contribution in [1.82, 2.24) is 0 Å². The van der Waals surface area contributed by atoms with Crippen LogP contribution in [0.3, 0.4) is 0 Å². The molecule has 0 saturated carbocycles. The number of nitrogens with one attached hydrogen (secondary N) is 1. The summed E-state index contributed by atoms with van der Waals surface area (Å²) in [5.41, 5.74) is 6.72. The predicted molar refractivity (Wildman–Crippen MR) is 93.9 cm³/mol. The van der Waals surface area contributed by atoms with Crippen molar-refractivity contribution in [3.8, 4) is 5.75 Å². The van der Waals surface area contributed by atoms with Crippen molar-refractivity contribution in [1.29, 1.82) is 0 Å². The Bertz CT molecular complexity index is 648. The average molecular weight is 437 g/mol. The maximum atomic E-state index is 12.3. The maximum absolute atomic E-state index is 12.3. The van der Waals surface area contributed by atoms with Crippen molar-refractivity contribution in [3.05, 3.63) is 60.2 Å². The molecule has 0 unspecified atom stereocenters. The second-order valence-electron chi connectivity index (χ2n) is 4.36. The van der Waals surface area contributed by atoms with Gasteiger partial charge in [-0.2, -0.15) is 0 Å². The first-order chi connectivity index (χ1) is 10.4. The smallest absolute Gasteiger partial charge is 0.404 e. The normalized spacial score (nSPS) is 11.5. The van der Waals surface area contributed by atoms with E-state index in [1.54, 1.807) is 6.07 Å². The highest BCUT2D eigenvalue weighted by atomic mass is 127. The molecular formula is C15H15F3IN3O. The summed E-state index contributed by atoms with van der Waals surface area (Å²) in [6.07, 6.45) is -4.77. The van der Waals surface area contributed by atoms with E-state index >= 15 is 0 Å². The van der Waals surface area contributed by atoms with E-state index in [2.05, 4.69) is 15.0 Å². The molecule has 0 atom stereocenters. The molecule has 4 nitrogen and oxygen atoms in total. The third-order valence-electron chi connectivity index (χ3n) is 2.65. The van der Waals surface area contributed by atoms with E-state index < -0.39 is 6.36 Å². The van der Waals surface area contributed by atoms with Crippen molar-refractivity contribution in [2.24, 2.45) is 10.7 Å². The highest BCUT2D eigenvalue weighted by molar-refractivity contribution is 14.0. The summed E-state index contributed by atoms with van der Waals surface area (Å²) < 4.78 is 40.9. The van der Waals surface area contributed by atoms with Crippen LogP contribution in [0.4, 0.5) is 18.9 Å². The van der Waals surface area contributed by atoms with Crippen LogP contribution in [0.15, 0.2) is 59.6 Å². The van der Waals surface area contributed by atoms with E-state index in [4.69, 9.17) is 5.73 Å². The summed E-state index contributed by atoms with van der Waals surface area (Å²) in [7, 11) is 0. The molecule has 0 bridgehead atoms. The highest BCUT2D eigenvalue weighted by Crippen LogP contribution is 2.29. The number of nitrogens with zero attached hydrogens (tertiary/aromatic N) is 1. The largest absolute Gasteiger partial charge is 0.573 e. The molecule has 0 radical (unpaired) electrons. The third kappa shape index (κ3) is 6.76. The van der Waals surface area contributed by atoms with E-state index in [0.717, 1.165) is 5.56 Å². The zero-order valence-corrected chi connectivity index (χ0v) is 14.2. The number of alkyl halides is 3. The van der Waals surface area contributed by atoms with Crippen LogP contribution in [0.5, 0.6) is 5.75 Å². The van der Waals surface area contributed by atoms with Crippen LogP contribution in [0, 0.1) is 0 Å². The predicted octanol–water partition coefficient (Wildman–Crippen LogP) is 4.13. The number of anilines is 1. The van der Waals surface area contributed by atoms with Gasteiger partial charge in [-0.05, 0) is 17.7 Å². The van der Waals surface area contributed by atoms with Crippen LogP contribution in [0.2, 0.25) is 0 Å². The molecule has 0 aliphatic rings. The molecule has 124 valence electrons.